The summed E-state index contributed by atoms with van der Waals surface area (Å²) in [7, 11) is 0. The Morgan fingerprint density at radius 2 is 1.93 bits per heavy atom. The van der Waals surface area contributed by atoms with Gasteiger partial charge in [-0.1, -0.05) is 49.5 Å². The molecule has 2 heterocycles. The van der Waals surface area contributed by atoms with Crippen LogP contribution in [0.3, 0.4) is 0 Å². The molecule has 27 heavy (non-hydrogen) atoms. The van der Waals surface area contributed by atoms with Crippen molar-refractivity contribution in [3.05, 3.63) is 106 Å². The van der Waals surface area contributed by atoms with E-state index in [2.05, 4.69) is 72.2 Å². The summed E-state index contributed by atoms with van der Waals surface area (Å²) in [6.45, 7) is 8.67. The maximum atomic E-state index is 5.80. The Kier molecular flexibility index (Phi) is 4.60. The molecule has 2 N–H and O–H groups in total. The van der Waals surface area contributed by atoms with Crippen molar-refractivity contribution in [3.8, 4) is 12.3 Å². The minimum Gasteiger partial charge on any atom is -0.358 e. The van der Waals surface area contributed by atoms with E-state index in [-0.39, 0.29) is 0 Å². The minimum atomic E-state index is 0.779. The van der Waals surface area contributed by atoms with E-state index >= 15 is 0 Å². The summed E-state index contributed by atoms with van der Waals surface area (Å²) >= 11 is 0. The third kappa shape index (κ3) is 3.29. The summed E-state index contributed by atoms with van der Waals surface area (Å²) in [4.78, 5) is 0. The predicted octanol–water partition coefficient (Wildman–Crippen LogP) is 5.23. The molecule has 0 spiro atoms. The van der Waals surface area contributed by atoms with Gasteiger partial charge in [-0.3, -0.25) is 0 Å². The van der Waals surface area contributed by atoms with Gasteiger partial charge in [0.1, 0.15) is 0 Å². The normalized spacial score (nSPS) is 25.8. The van der Waals surface area contributed by atoms with Crippen molar-refractivity contribution in [1.82, 2.24) is 10.6 Å². The van der Waals surface area contributed by atoms with Crippen molar-refractivity contribution < 1.29 is 0 Å². The number of hydrogen-bond acceptors (Lipinski definition) is 2. The average molecular weight is 352 g/mol. The Morgan fingerprint density at radius 3 is 2.78 bits per heavy atom. The zero-order chi connectivity index (χ0) is 18.8. The molecule has 2 aliphatic carbocycles. The lowest BCUT2D eigenvalue weighted by Gasteiger charge is -2.29. The molecule has 0 fully saturated rings. The van der Waals surface area contributed by atoms with Gasteiger partial charge in [0, 0.05) is 34.7 Å². The molecule has 2 heteroatoms. The van der Waals surface area contributed by atoms with Crippen molar-refractivity contribution >= 4 is 0 Å². The molecule has 0 saturated carbocycles. The van der Waals surface area contributed by atoms with Crippen LogP contribution < -0.4 is 10.6 Å². The molecule has 0 saturated heterocycles. The van der Waals surface area contributed by atoms with Gasteiger partial charge in [0.05, 0.1) is 5.70 Å². The zero-order valence-corrected chi connectivity index (χ0v) is 15.6. The smallest absolute Gasteiger partial charge is 0.0974 e. The molecule has 0 aromatic rings. The van der Waals surface area contributed by atoms with Crippen LogP contribution in [0.4, 0.5) is 0 Å². The highest BCUT2D eigenvalue weighted by Crippen LogP contribution is 2.36. The second-order valence-corrected chi connectivity index (χ2v) is 7.14. The Bertz CT molecular complexity index is 978. The molecule has 2 aliphatic heterocycles. The van der Waals surface area contributed by atoms with Crippen LogP contribution >= 0.6 is 0 Å². The van der Waals surface area contributed by atoms with Crippen molar-refractivity contribution in [2.45, 2.75) is 32.1 Å². The Labute approximate surface area is 161 Å². The van der Waals surface area contributed by atoms with Crippen LogP contribution in [0.1, 0.15) is 32.1 Å². The first-order valence-electron chi connectivity index (χ1n) is 9.47. The number of rotatable bonds is 1. The summed E-state index contributed by atoms with van der Waals surface area (Å²) in [6.07, 6.45) is 25.8. The van der Waals surface area contributed by atoms with Crippen molar-refractivity contribution in [3.63, 3.8) is 0 Å². The second kappa shape index (κ2) is 7.21. The van der Waals surface area contributed by atoms with Gasteiger partial charge in [-0.2, -0.15) is 0 Å². The predicted molar refractivity (Wildman–Crippen MR) is 113 cm³/mol. The first kappa shape index (κ1) is 17.2. The number of terminal acetylenes is 1. The molecule has 0 atom stereocenters. The summed E-state index contributed by atoms with van der Waals surface area (Å²) in [6, 6.07) is 0. The SMILES string of the molecule is C#CC1=C(/C=C2\CC(=C)C3=C(/C=C\C=C/CC3)N2)C(=C)C2=CCCC=C2N1. The molecule has 0 amide bonds. The molecule has 0 bridgehead atoms. The number of nitrogens with one attached hydrogen (secondary N) is 2. The van der Waals surface area contributed by atoms with Crippen LogP contribution in [0.25, 0.3) is 0 Å². The Hall–Kier alpha value is -3.18. The van der Waals surface area contributed by atoms with Crippen molar-refractivity contribution in [2.75, 3.05) is 0 Å². The van der Waals surface area contributed by atoms with E-state index in [9.17, 15) is 0 Å². The standard InChI is InChI=1S/C25H24N2/c1-4-23-22(18(3)21-12-9-10-14-25(21)27-23)16-19-15-17(2)20-11-7-5-6-8-13-24(20)26-19/h1,5-6,8,12-14,16,26-27H,2-3,7,9-11,15H2/b6-5-,13-8-,19-16+. The van der Waals surface area contributed by atoms with Crippen molar-refractivity contribution in [1.29, 1.82) is 0 Å². The molecule has 134 valence electrons. The van der Waals surface area contributed by atoms with Gasteiger partial charge in [-0.15, -0.1) is 6.42 Å². The van der Waals surface area contributed by atoms with Gasteiger partial charge in [-0.05, 0) is 54.6 Å². The van der Waals surface area contributed by atoms with Gasteiger partial charge in [0.25, 0.3) is 0 Å². The third-order valence-corrected chi connectivity index (χ3v) is 5.32. The number of hydrogen-bond donors (Lipinski definition) is 2. The van der Waals surface area contributed by atoms with Crippen LogP contribution in [0, 0.1) is 12.3 Å². The average Bonchev–Trinajstić information content (AvgIpc) is 2.65. The lowest BCUT2D eigenvalue weighted by atomic mass is 9.86. The van der Waals surface area contributed by atoms with Crippen LogP contribution in [-0.2, 0) is 0 Å². The van der Waals surface area contributed by atoms with Gasteiger partial charge in [0.15, 0.2) is 0 Å². The van der Waals surface area contributed by atoms with Crippen LogP contribution in [0.15, 0.2) is 106 Å². The molecule has 4 aliphatic rings. The van der Waals surface area contributed by atoms with E-state index in [0.29, 0.717) is 0 Å². The monoisotopic (exact) mass is 352 g/mol. The van der Waals surface area contributed by atoms with E-state index in [4.69, 9.17) is 6.42 Å². The molecular weight excluding hydrogens is 328 g/mol. The highest BCUT2D eigenvalue weighted by atomic mass is 14.9. The highest BCUT2D eigenvalue weighted by Gasteiger charge is 2.24. The molecular formula is C25H24N2. The van der Waals surface area contributed by atoms with Gasteiger partial charge < -0.3 is 10.6 Å². The maximum absolute atomic E-state index is 5.80. The number of allylic oxidation sites excluding steroid dienone is 12. The molecule has 0 unspecified atom stereocenters. The van der Waals surface area contributed by atoms with E-state index in [1.165, 1.54) is 11.1 Å². The number of fused-ring (bicyclic) bond motifs is 1. The van der Waals surface area contributed by atoms with E-state index in [1.54, 1.807) is 0 Å². The largest absolute Gasteiger partial charge is 0.358 e. The molecule has 0 radical (unpaired) electrons. The lowest BCUT2D eigenvalue weighted by molar-refractivity contribution is 0.820. The van der Waals surface area contributed by atoms with E-state index in [0.717, 1.165) is 71.6 Å². The van der Waals surface area contributed by atoms with Crippen LogP contribution in [0.2, 0.25) is 0 Å². The zero-order valence-electron chi connectivity index (χ0n) is 15.6. The highest BCUT2D eigenvalue weighted by molar-refractivity contribution is 5.67. The summed E-state index contributed by atoms with van der Waals surface area (Å²) in [5.74, 6) is 2.80. The van der Waals surface area contributed by atoms with E-state index in [1.807, 2.05) is 0 Å². The fraction of sp³-hybridized carbons (Fsp3) is 0.200. The summed E-state index contributed by atoms with van der Waals surface area (Å²) in [5.41, 5.74) is 9.73. The Morgan fingerprint density at radius 1 is 1.07 bits per heavy atom. The quantitative estimate of drug-likeness (QED) is 0.631. The Balaban J connectivity index is 1.72. The molecule has 0 aromatic heterocycles. The van der Waals surface area contributed by atoms with Gasteiger partial charge >= 0.3 is 0 Å². The third-order valence-electron chi connectivity index (χ3n) is 5.32. The second-order valence-electron chi connectivity index (χ2n) is 7.14. The van der Waals surface area contributed by atoms with E-state index < -0.39 is 0 Å². The summed E-state index contributed by atoms with van der Waals surface area (Å²) in [5, 5.41) is 7.00. The first-order valence-corrected chi connectivity index (χ1v) is 9.47. The van der Waals surface area contributed by atoms with Gasteiger partial charge in [0.2, 0.25) is 0 Å². The first-order chi connectivity index (χ1) is 13.2. The fourth-order valence-electron chi connectivity index (χ4n) is 3.94. The maximum Gasteiger partial charge on any atom is 0.0974 e. The fourth-order valence-corrected chi connectivity index (χ4v) is 3.94. The van der Waals surface area contributed by atoms with Gasteiger partial charge in [-0.25, -0.2) is 0 Å². The topological polar surface area (TPSA) is 24.1 Å². The molecule has 0 aromatic carbocycles. The summed E-state index contributed by atoms with van der Waals surface area (Å²) < 4.78 is 0. The molecule has 2 nitrogen and oxygen atoms in total. The lowest BCUT2D eigenvalue weighted by Crippen LogP contribution is -2.25. The van der Waals surface area contributed by atoms with Crippen LogP contribution in [-0.4, -0.2) is 0 Å². The van der Waals surface area contributed by atoms with Crippen molar-refractivity contribution in [2.24, 2.45) is 0 Å². The molecule has 4 rings (SSSR count). The minimum absolute atomic E-state index is 0.779. The van der Waals surface area contributed by atoms with Crippen LogP contribution in [0.5, 0.6) is 0 Å².